The highest BCUT2D eigenvalue weighted by molar-refractivity contribution is 5.76. The SMILES string of the molecule is CC/C=C/C/C=C/C/C=C/C/C=C/C/C=C/C/C=C/CCC(=O)N[C@@H](CO)[C@H](O)/C=C/CCCCCCCCCCCCC. The maximum absolute atomic E-state index is 12.3. The number of aliphatic hydroxyl groups is 2. The van der Waals surface area contributed by atoms with Crippen LogP contribution in [0.15, 0.2) is 85.1 Å². The van der Waals surface area contributed by atoms with Crippen molar-refractivity contribution in [2.75, 3.05) is 6.61 Å². The fourth-order valence-electron chi connectivity index (χ4n) is 4.67. The average Bonchev–Trinajstić information content (AvgIpc) is 3.03. The molecule has 0 unspecified atom stereocenters. The Kier molecular flexibility index (Phi) is 33.1. The number of carbonyl (C=O) groups is 1. The zero-order valence-electron chi connectivity index (χ0n) is 28.4. The number of rotatable bonds is 30. The summed E-state index contributed by atoms with van der Waals surface area (Å²) in [6.07, 6.45) is 51.0. The number of carbonyl (C=O) groups excluding carboxylic acids is 1. The van der Waals surface area contributed by atoms with Crippen LogP contribution in [0.4, 0.5) is 0 Å². The van der Waals surface area contributed by atoms with Crippen molar-refractivity contribution in [3.8, 4) is 0 Å². The van der Waals surface area contributed by atoms with Crippen LogP contribution in [0.25, 0.3) is 0 Å². The summed E-state index contributed by atoms with van der Waals surface area (Å²) in [6.45, 7) is 4.13. The van der Waals surface area contributed by atoms with E-state index in [0.717, 1.165) is 51.4 Å². The van der Waals surface area contributed by atoms with Gasteiger partial charge in [0.1, 0.15) is 0 Å². The van der Waals surface area contributed by atoms with Gasteiger partial charge in [0.2, 0.25) is 5.91 Å². The normalized spacial score (nSPS) is 14.2. The first-order chi connectivity index (χ1) is 21.7. The van der Waals surface area contributed by atoms with Gasteiger partial charge in [-0.15, -0.1) is 0 Å². The van der Waals surface area contributed by atoms with Crippen molar-refractivity contribution < 1.29 is 15.0 Å². The highest BCUT2D eigenvalue weighted by Crippen LogP contribution is 2.12. The molecule has 3 N–H and O–H groups in total. The van der Waals surface area contributed by atoms with E-state index in [2.05, 4.69) is 86.0 Å². The summed E-state index contributed by atoms with van der Waals surface area (Å²) in [7, 11) is 0. The van der Waals surface area contributed by atoms with Gasteiger partial charge in [0, 0.05) is 6.42 Å². The van der Waals surface area contributed by atoms with Gasteiger partial charge in [-0.2, -0.15) is 0 Å². The summed E-state index contributed by atoms with van der Waals surface area (Å²) in [5, 5.41) is 22.8. The third-order valence-corrected chi connectivity index (χ3v) is 7.40. The zero-order chi connectivity index (χ0) is 32.2. The van der Waals surface area contributed by atoms with Crippen molar-refractivity contribution in [3.63, 3.8) is 0 Å². The molecule has 1 amide bonds. The molecule has 0 radical (unpaired) electrons. The maximum Gasteiger partial charge on any atom is 0.220 e. The Hall–Kier alpha value is -2.43. The average molecular weight is 610 g/mol. The Morgan fingerprint density at radius 1 is 0.568 bits per heavy atom. The number of allylic oxidation sites excluding steroid dienone is 13. The smallest absolute Gasteiger partial charge is 0.220 e. The molecule has 44 heavy (non-hydrogen) atoms. The van der Waals surface area contributed by atoms with Crippen LogP contribution in [0.1, 0.15) is 142 Å². The van der Waals surface area contributed by atoms with Crippen LogP contribution in [-0.4, -0.2) is 34.9 Å². The van der Waals surface area contributed by atoms with Crippen LogP contribution in [-0.2, 0) is 4.79 Å². The monoisotopic (exact) mass is 610 g/mol. The van der Waals surface area contributed by atoms with Crippen LogP contribution in [0, 0.1) is 0 Å². The fourth-order valence-corrected chi connectivity index (χ4v) is 4.67. The molecule has 0 aromatic carbocycles. The van der Waals surface area contributed by atoms with Gasteiger partial charge in [-0.05, 0) is 57.8 Å². The lowest BCUT2D eigenvalue weighted by atomic mass is 10.0. The van der Waals surface area contributed by atoms with E-state index >= 15 is 0 Å². The Morgan fingerprint density at radius 2 is 1.00 bits per heavy atom. The summed E-state index contributed by atoms with van der Waals surface area (Å²) in [5.41, 5.74) is 0. The van der Waals surface area contributed by atoms with E-state index in [4.69, 9.17) is 0 Å². The number of amides is 1. The third kappa shape index (κ3) is 31.0. The molecule has 0 bridgehead atoms. The van der Waals surface area contributed by atoms with E-state index in [1.165, 1.54) is 64.2 Å². The number of nitrogens with one attached hydrogen (secondary N) is 1. The van der Waals surface area contributed by atoms with E-state index in [1.807, 2.05) is 12.2 Å². The summed E-state index contributed by atoms with van der Waals surface area (Å²) < 4.78 is 0. The van der Waals surface area contributed by atoms with Crippen LogP contribution >= 0.6 is 0 Å². The third-order valence-electron chi connectivity index (χ3n) is 7.40. The standard InChI is InChI=1S/C40H67NO3/c1-3-5-7-9-11-13-15-17-18-19-20-21-22-24-26-28-30-32-34-36-40(44)41-38(37-42)39(43)35-33-31-29-27-25-23-16-14-12-10-8-6-4-2/h5,7,11,13,17-18,20-21,24,26,30,32-33,35,38-39,42-43H,3-4,6,8-10,12,14-16,19,22-23,25,27-29,31,34,36-37H2,1-2H3,(H,41,44)/b7-5+,13-11+,18-17+,21-20+,26-24+,32-30+,35-33+/t38-,39+/m0/s1. The Labute approximate surface area is 271 Å². The molecule has 4 heteroatoms. The van der Waals surface area contributed by atoms with E-state index < -0.39 is 12.1 Å². The van der Waals surface area contributed by atoms with Gasteiger partial charge >= 0.3 is 0 Å². The molecule has 0 aliphatic heterocycles. The molecule has 0 rings (SSSR count). The highest BCUT2D eigenvalue weighted by atomic mass is 16.3. The van der Waals surface area contributed by atoms with Crippen LogP contribution in [0.2, 0.25) is 0 Å². The van der Waals surface area contributed by atoms with E-state index in [9.17, 15) is 15.0 Å². The minimum atomic E-state index is -0.873. The van der Waals surface area contributed by atoms with Gasteiger partial charge in [0.05, 0.1) is 18.8 Å². The van der Waals surface area contributed by atoms with Gasteiger partial charge in [-0.1, -0.05) is 163 Å². The lowest BCUT2D eigenvalue weighted by molar-refractivity contribution is -0.122. The molecule has 0 saturated carbocycles. The summed E-state index contributed by atoms with van der Waals surface area (Å²) >= 11 is 0. The molecule has 0 aliphatic rings. The first-order valence-electron chi connectivity index (χ1n) is 17.8. The minimum Gasteiger partial charge on any atom is -0.394 e. The Bertz CT molecular complexity index is 834. The second kappa shape index (κ2) is 35.1. The molecule has 0 fully saturated rings. The second-order valence-electron chi connectivity index (χ2n) is 11.6. The molecular weight excluding hydrogens is 542 g/mol. The number of aliphatic hydroxyl groups excluding tert-OH is 2. The molecule has 0 heterocycles. The van der Waals surface area contributed by atoms with Crippen LogP contribution in [0.5, 0.6) is 0 Å². The zero-order valence-corrected chi connectivity index (χ0v) is 28.4. The molecule has 0 spiro atoms. The van der Waals surface area contributed by atoms with Gasteiger partial charge in [0.25, 0.3) is 0 Å². The van der Waals surface area contributed by atoms with Crippen molar-refractivity contribution in [1.29, 1.82) is 0 Å². The minimum absolute atomic E-state index is 0.151. The predicted octanol–water partition coefficient (Wildman–Crippen LogP) is 10.6. The molecular formula is C40H67NO3. The van der Waals surface area contributed by atoms with Crippen molar-refractivity contribution in [2.24, 2.45) is 0 Å². The molecule has 2 atom stereocenters. The number of unbranched alkanes of at least 4 members (excludes halogenated alkanes) is 11. The van der Waals surface area contributed by atoms with Gasteiger partial charge in [-0.25, -0.2) is 0 Å². The predicted molar refractivity (Wildman–Crippen MR) is 193 cm³/mol. The van der Waals surface area contributed by atoms with E-state index in [0.29, 0.717) is 12.8 Å². The maximum atomic E-state index is 12.3. The van der Waals surface area contributed by atoms with Crippen molar-refractivity contribution in [2.45, 2.75) is 154 Å². The van der Waals surface area contributed by atoms with Crippen LogP contribution in [0.3, 0.4) is 0 Å². The summed E-state index contributed by atoms with van der Waals surface area (Å²) in [4.78, 5) is 12.3. The van der Waals surface area contributed by atoms with Crippen molar-refractivity contribution in [3.05, 3.63) is 85.1 Å². The Balaban J connectivity index is 3.84. The quantitative estimate of drug-likeness (QED) is 0.0560. The molecule has 0 aromatic heterocycles. The largest absolute Gasteiger partial charge is 0.394 e. The van der Waals surface area contributed by atoms with Gasteiger partial charge in [0.15, 0.2) is 0 Å². The molecule has 0 aromatic rings. The molecule has 4 nitrogen and oxygen atoms in total. The second-order valence-corrected chi connectivity index (χ2v) is 11.6. The topological polar surface area (TPSA) is 69.6 Å². The van der Waals surface area contributed by atoms with E-state index in [-0.39, 0.29) is 12.5 Å². The molecule has 0 saturated heterocycles. The number of hydrogen-bond donors (Lipinski definition) is 3. The lowest BCUT2D eigenvalue weighted by Gasteiger charge is -2.19. The number of hydrogen-bond acceptors (Lipinski definition) is 3. The first kappa shape index (κ1) is 41.6. The lowest BCUT2D eigenvalue weighted by Crippen LogP contribution is -2.45. The Morgan fingerprint density at radius 3 is 1.45 bits per heavy atom. The van der Waals surface area contributed by atoms with Crippen LogP contribution < -0.4 is 5.32 Å². The summed E-state index contributed by atoms with van der Waals surface area (Å²) in [6, 6.07) is -0.665. The van der Waals surface area contributed by atoms with Gasteiger partial charge < -0.3 is 15.5 Å². The van der Waals surface area contributed by atoms with Crippen molar-refractivity contribution in [1.82, 2.24) is 5.32 Å². The first-order valence-corrected chi connectivity index (χ1v) is 17.8. The molecule has 250 valence electrons. The fraction of sp³-hybridized carbons (Fsp3) is 0.625. The van der Waals surface area contributed by atoms with Crippen molar-refractivity contribution >= 4 is 5.91 Å². The van der Waals surface area contributed by atoms with Gasteiger partial charge in [-0.3, -0.25) is 4.79 Å². The summed E-state index contributed by atoms with van der Waals surface area (Å²) in [5.74, 6) is -0.151. The van der Waals surface area contributed by atoms with E-state index in [1.54, 1.807) is 6.08 Å². The molecule has 0 aliphatic carbocycles. The highest BCUT2D eigenvalue weighted by Gasteiger charge is 2.17.